The highest BCUT2D eigenvalue weighted by atomic mass is 16.5. The van der Waals surface area contributed by atoms with Crippen molar-refractivity contribution < 1.29 is 19.1 Å². The average Bonchev–Trinajstić information content (AvgIpc) is 2.79. The highest BCUT2D eigenvalue weighted by Crippen LogP contribution is 2.17. The van der Waals surface area contributed by atoms with Crippen LogP contribution in [-0.2, 0) is 9.59 Å². The third-order valence-corrected chi connectivity index (χ3v) is 5.08. The van der Waals surface area contributed by atoms with Crippen LogP contribution >= 0.6 is 0 Å². The van der Waals surface area contributed by atoms with Crippen LogP contribution in [0.25, 0.3) is 0 Å². The van der Waals surface area contributed by atoms with Crippen LogP contribution in [0.1, 0.15) is 43.2 Å². The highest BCUT2D eigenvalue weighted by molar-refractivity contribution is 5.83. The van der Waals surface area contributed by atoms with E-state index in [0.717, 1.165) is 24.0 Å². The quantitative estimate of drug-likeness (QED) is 0.478. The molecule has 2 aromatic rings. The van der Waals surface area contributed by atoms with E-state index in [9.17, 15) is 9.59 Å². The monoisotopic (exact) mass is 423 g/mol. The van der Waals surface area contributed by atoms with Crippen LogP contribution in [0.15, 0.2) is 53.6 Å². The van der Waals surface area contributed by atoms with E-state index in [1.807, 2.05) is 31.2 Å². The van der Waals surface area contributed by atoms with Crippen molar-refractivity contribution >= 4 is 18.0 Å². The van der Waals surface area contributed by atoms with Crippen LogP contribution in [0.4, 0.5) is 0 Å². The minimum atomic E-state index is -0.344. The van der Waals surface area contributed by atoms with Gasteiger partial charge in [0.15, 0.2) is 13.2 Å². The van der Waals surface area contributed by atoms with Crippen LogP contribution < -0.4 is 20.2 Å². The van der Waals surface area contributed by atoms with Gasteiger partial charge in [0.2, 0.25) is 0 Å². The summed E-state index contributed by atoms with van der Waals surface area (Å²) in [6, 6.07) is 14.9. The Bertz CT molecular complexity index is 890. The number of benzene rings is 2. The molecule has 31 heavy (non-hydrogen) atoms. The lowest BCUT2D eigenvalue weighted by Crippen LogP contribution is -2.38. The molecule has 2 N–H and O–H groups in total. The Labute approximate surface area is 182 Å². The minimum Gasteiger partial charge on any atom is -0.484 e. The van der Waals surface area contributed by atoms with E-state index >= 15 is 0 Å². The van der Waals surface area contributed by atoms with Gasteiger partial charge in [-0.05, 0) is 61.2 Å². The van der Waals surface area contributed by atoms with Crippen molar-refractivity contribution in [3.05, 3.63) is 59.7 Å². The molecule has 2 aromatic carbocycles. The number of amides is 2. The molecule has 0 bridgehead atoms. The van der Waals surface area contributed by atoms with E-state index in [1.54, 1.807) is 24.3 Å². The Morgan fingerprint density at radius 1 is 0.968 bits per heavy atom. The van der Waals surface area contributed by atoms with Gasteiger partial charge in [-0.25, -0.2) is 5.43 Å². The number of hydrogen-bond donors (Lipinski definition) is 2. The maximum absolute atomic E-state index is 12.0. The molecule has 7 heteroatoms. The predicted molar refractivity (Wildman–Crippen MR) is 119 cm³/mol. The maximum atomic E-state index is 12.0. The molecule has 1 fully saturated rings. The summed E-state index contributed by atoms with van der Waals surface area (Å²) < 4.78 is 11.0. The van der Waals surface area contributed by atoms with Crippen LogP contribution in [0, 0.1) is 6.92 Å². The molecule has 1 saturated carbocycles. The van der Waals surface area contributed by atoms with E-state index in [0.29, 0.717) is 11.5 Å². The lowest BCUT2D eigenvalue weighted by Gasteiger charge is -2.22. The van der Waals surface area contributed by atoms with E-state index < -0.39 is 0 Å². The number of nitrogens with one attached hydrogen (secondary N) is 2. The Morgan fingerprint density at radius 2 is 1.68 bits per heavy atom. The maximum Gasteiger partial charge on any atom is 0.277 e. The molecular weight excluding hydrogens is 394 g/mol. The van der Waals surface area contributed by atoms with Crippen molar-refractivity contribution in [3.8, 4) is 11.5 Å². The van der Waals surface area contributed by atoms with Gasteiger partial charge in [-0.1, -0.05) is 37.5 Å². The number of carbonyl (C=O) groups excluding carboxylic acids is 2. The first-order valence-corrected chi connectivity index (χ1v) is 10.6. The first kappa shape index (κ1) is 22.3. The zero-order valence-electron chi connectivity index (χ0n) is 17.8. The first-order valence-electron chi connectivity index (χ1n) is 10.6. The van der Waals surface area contributed by atoms with Crippen molar-refractivity contribution in [2.75, 3.05) is 13.2 Å². The number of rotatable bonds is 9. The molecule has 0 aromatic heterocycles. The van der Waals surface area contributed by atoms with Gasteiger partial charge in [0.05, 0.1) is 6.21 Å². The van der Waals surface area contributed by atoms with Gasteiger partial charge in [-0.2, -0.15) is 5.10 Å². The fourth-order valence-electron chi connectivity index (χ4n) is 3.39. The molecule has 7 nitrogen and oxygen atoms in total. The largest absolute Gasteiger partial charge is 0.484 e. The number of hydrogen-bond acceptors (Lipinski definition) is 5. The SMILES string of the molecule is Cc1ccccc1OCC(=O)N/N=C\c1ccc(OCC(=O)NC2CCCCC2)cc1. The summed E-state index contributed by atoms with van der Waals surface area (Å²) in [6.07, 6.45) is 7.24. The van der Waals surface area contributed by atoms with Gasteiger partial charge in [0.1, 0.15) is 11.5 Å². The molecular formula is C24H29N3O4. The lowest BCUT2D eigenvalue weighted by atomic mass is 9.95. The fraction of sp³-hybridized carbons (Fsp3) is 0.375. The van der Waals surface area contributed by atoms with Crippen molar-refractivity contribution in [3.63, 3.8) is 0 Å². The molecule has 0 heterocycles. The zero-order chi connectivity index (χ0) is 21.9. The standard InChI is InChI=1S/C24H29N3O4/c1-18-7-5-6-10-22(18)31-17-24(29)27-25-15-19-11-13-21(14-12-19)30-16-23(28)26-20-8-3-2-4-9-20/h5-7,10-15,20H,2-4,8-9,16-17H2,1H3,(H,26,28)(H,27,29)/b25-15-. The normalized spacial score (nSPS) is 14.2. The van der Waals surface area contributed by atoms with Crippen molar-refractivity contribution in [1.82, 2.24) is 10.7 Å². The number of para-hydroxylation sites is 1. The number of aryl methyl sites for hydroxylation is 1. The van der Waals surface area contributed by atoms with E-state index in [-0.39, 0.29) is 31.1 Å². The summed E-state index contributed by atoms with van der Waals surface area (Å²) in [6.45, 7) is 1.81. The summed E-state index contributed by atoms with van der Waals surface area (Å²) in [4.78, 5) is 23.9. The number of carbonyl (C=O) groups is 2. The Hall–Kier alpha value is -3.35. The van der Waals surface area contributed by atoms with Crippen molar-refractivity contribution in [2.45, 2.75) is 45.1 Å². The van der Waals surface area contributed by atoms with Gasteiger partial charge in [0, 0.05) is 6.04 Å². The van der Waals surface area contributed by atoms with Crippen molar-refractivity contribution in [2.24, 2.45) is 5.10 Å². The van der Waals surface area contributed by atoms with Crippen LogP contribution in [0.5, 0.6) is 11.5 Å². The summed E-state index contributed by atoms with van der Waals surface area (Å²) >= 11 is 0. The molecule has 164 valence electrons. The molecule has 0 unspecified atom stereocenters. The first-order chi connectivity index (χ1) is 15.1. The molecule has 0 aliphatic heterocycles. The van der Waals surface area contributed by atoms with Crippen LogP contribution in [-0.4, -0.2) is 37.3 Å². The molecule has 1 aliphatic carbocycles. The lowest BCUT2D eigenvalue weighted by molar-refractivity contribution is -0.124. The number of hydrazone groups is 1. The molecule has 0 saturated heterocycles. The fourth-order valence-corrected chi connectivity index (χ4v) is 3.39. The van der Waals surface area contributed by atoms with Gasteiger partial charge >= 0.3 is 0 Å². The average molecular weight is 424 g/mol. The molecule has 1 aliphatic rings. The third-order valence-electron chi connectivity index (χ3n) is 5.08. The minimum absolute atomic E-state index is 0.000875. The molecule has 2 amide bonds. The van der Waals surface area contributed by atoms with E-state index in [1.165, 1.54) is 25.5 Å². The summed E-state index contributed by atoms with van der Waals surface area (Å²) in [5, 5.41) is 6.96. The molecule has 3 rings (SSSR count). The summed E-state index contributed by atoms with van der Waals surface area (Å²) in [5.74, 6) is 0.841. The van der Waals surface area contributed by atoms with E-state index in [2.05, 4.69) is 15.8 Å². The Balaban J connectivity index is 1.36. The Kier molecular flexibility index (Phi) is 8.46. The molecule has 0 atom stereocenters. The van der Waals surface area contributed by atoms with Crippen LogP contribution in [0.2, 0.25) is 0 Å². The second-order valence-electron chi connectivity index (χ2n) is 7.61. The Morgan fingerprint density at radius 3 is 2.42 bits per heavy atom. The smallest absolute Gasteiger partial charge is 0.277 e. The van der Waals surface area contributed by atoms with Gasteiger partial charge in [0.25, 0.3) is 11.8 Å². The second-order valence-corrected chi connectivity index (χ2v) is 7.61. The summed E-state index contributed by atoms with van der Waals surface area (Å²) in [7, 11) is 0. The molecule has 0 spiro atoms. The topological polar surface area (TPSA) is 89.0 Å². The van der Waals surface area contributed by atoms with Crippen LogP contribution in [0.3, 0.4) is 0 Å². The van der Waals surface area contributed by atoms with Gasteiger partial charge in [-0.15, -0.1) is 0 Å². The van der Waals surface area contributed by atoms with Crippen molar-refractivity contribution in [1.29, 1.82) is 0 Å². The predicted octanol–water partition coefficient (Wildman–Crippen LogP) is 3.35. The third kappa shape index (κ3) is 7.77. The zero-order valence-corrected chi connectivity index (χ0v) is 17.8. The highest BCUT2D eigenvalue weighted by Gasteiger charge is 2.15. The number of ether oxygens (including phenoxy) is 2. The van der Waals surface area contributed by atoms with Gasteiger partial charge < -0.3 is 14.8 Å². The molecule has 0 radical (unpaired) electrons. The second kappa shape index (κ2) is 11.7. The number of nitrogens with zero attached hydrogens (tertiary/aromatic N) is 1. The van der Waals surface area contributed by atoms with Gasteiger partial charge in [-0.3, -0.25) is 9.59 Å². The van der Waals surface area contributed by atoms with E-state index in [4.69, 9.17) is 9.47 Å². The summed E-state index contributed by atoms with van der Waals surface area (Å²) in [5.41, 5.74) is 4.19.